The molecule has 11 heteroatoms. The van der Waals surface area contributed by atoms with Crippen molar-refractivity contribution in [1.29, 1.82) is 0 Å². The molecule has 0 radical (unpaired) electrons. The summed E-state index contributed by atoms with van der Waals surface area (Å²) in [6.07, 6.45) is 2.24. The number of carboxylic acids is 2. The summed E-state index contributed by atoms with van der Waals surface area (Å²) in [5, 5.41) is 25.2. The molecule has 2 heterocycles. The summed E-state index contributed by atoms with van der Waals surface area (Å²) in [6, 6.07) is 19.1. The Morgan fingerprint density at radius 3 is 1.30 bits per heavy atom. The number of hydrogen-bond acceptors (Lipinski definition) is 10. The number of rotatable bonds is 8. The van der Waals surface area contributed by atoms with Gasteiger partial charge < -0.3 is 19.8 Å². The summed E-state index contributed by atoms with van der Waals surface area (Å²) in [5.74, 6) is -3.13. The Morgan fingerprint density at radius 1 is 0.595 bits per heavy atom. The van der Waals surface area contributed by atoms with Gasteiger partial charge in [0, 0.05) is 11.1 Å². The molecule has 188 valence electrons. The summed E-state index contributed by atoms with van der Waals surface area (Å²) >= 11 is 2.61. The molecule has 0 amide bonds. The molecule has 0 fully saturated rings. The zero-order valence-corrected chi connectivity index (χ0v) is 21.3. The molecule has 0 N–H and O–H groups in total. The number of aliphatic imine (C=N–C) groups is 2. The number of nitrogens with zero attached hydrogens (tertiary/aromatic N) is 2. The van der Waals surface area contributed by atoms with Crippen LogP contribution in [-0.4, -0.2) is 35.9 Å². The van der Waals surface area contributed by atoms with E-state index in [1.807, 2.05) is 0 Å². The molecule has 0 aliphatic heterocycles. The van der Waals surface area contributed by atoms with Crippen molar-refractivity contribution < 1.29 is 45.9 Å². The van der Waals surface area contributed by atoms with E-state index in [0.29, 0.717) is 9.75 Å². The zero-order valence-electron chi connectivity index (χ0n) is 18.7. The first-order valence-electron chi connectivity index (χ1n) is 10.2. The number of carbonyl (C=O) groups is 4. The van der Waals surface area contributed by atoms with Gasteiger partial charge in [-0.1, -0.05) is 48.5 Å². The Balaban J connectivity index is 0.000000253. The molecule has 37 heavy (non-hydrogen) atoms. The minimum Gasteiger partial charge on any atom is -0.545 e. The monoisotopic (exact) mass is 574 g/mol. The van der Waals surface area contributed by atoms with Crippen LogP contribution in [0.15, 0.2) is 93.5 Å². The van der Waals surface area contributed by atoms with Crippen LogP contribution < -0.4 is 10.2 Å². The van der Waals surface area contributed by atoms with Crippen LogP contribution in [0.5, 0.6) is 0 Å². The average molecular weight is 575 g/mol. The molecule has 0 aliphatic rings. The number of Topliss-reactive ketones (excluding diaryl/α,β-unsaturated/α-hetero) is 2. The van der Waals surface area contributed by atoms with Gasteiger partial charge >= 0.3 is 16.5 Å². The van der Waals surface area contributed by atoms with E-state index < -0.39 is 11.9 Å². The average Bonchev–Trinajstić information content (AvgIpc) is 3.61. The summed E-state index contributed by atoms with van der Waals surface area (Å²) in [7, 11) is 0. The topological polar surface area (TPSA) is 139 Å². The van der Waals surface area contributed by atoms with Crippen LogP contribution in [0, 0.1) is 0 Å². The van der Waals surface area contributed by atoms with Crippen molar-refractivity contribution in [3.63, 3.8) is 0 Å². The first-order chi connectivity index (χ1) is 17.4. The number of carboxylic acid groups (broad SMARTS) is 2. The maximum absolute atomic E-state index is 11.7. The van der Waals surface area contributed by atoms with Gasteiger partial charge in [-0.2, -0.15) is 0 Å². The number of thiophene rings is 2. The number of carbonyl (C=O) groups excluding carboxylic acids is 4. The largest absolute Gasteiger partial charge is 2.00 e. The van der Waals surface area contributed by atoms with E-state index in [9.17, 15) is 29.4 Å². The molecule has 0 saturated carbocycles. The molecule has 4 rings (SSSR count). The van der Waals surface area contributed by atoms with Gasteiger partial charge in [0.05, 0.1) is 45.5 Å². The van der Waals surface area contributed by atoms with Crippen LogP contribution in [0.3, 0.4) is 0 Å². The fourth-order valence-electron chi connectivity index (χ4n) is 2.74. The third kappa shape index (κ3) is 8.54. The number of ketones is 2. The molecule has 8 nitrogen and oxygen atoms in total. The van der Waals surface area contributed by atoms with Crippen LogP contribution in [0.25, 0.3) is 0 Å². The van der Waals surface area contributed by atoms with Crippen LogP contribution in [0.2, 0.25) is 0 Å². The van der Waals surface area contributed by atoms with Crippen molar-refractivity contribution in [3.8, 4) is 0 Å². The third-order valence-corrected chi connectivity index (χ3v) is 6.19. The fourth-order valence-corrected chi connectivity index (χ4v) is 4.00. The summed E-state index contributed by atoms with van der Waals surface area (Å²) in [4.78, 5) is 53.9. The van der Waals surface area contributed by atoms with Crippen molar-refractivity contribution in [3.05, 3.63) is 104 Å². The molecule has 4 aromatic rings. The third-order valence-electron chi connectivity index (χ3n) is 4.42. The van der Waals surface area contributed by atoms with E-state index in [1.165, 1.54) is 46.9 Å². The normalized spacial score (nSPS) is 10.4. The van der Waals surface area contributed by atoms with Gasteiger partial charge in [0.2, 0.25) is 11.6 Å². The molecular weight excluding hydrogens is 559 g/mol. The smallest absolute Gasteiger partial charge is 0.545 e. The standard InChI is InChI=1S/2C13H9NO3S.Ni/c2*15-11(12-6-3-7-18-12)8-14-10-5-2-1-4-9(10)13(16)17;/h2*1-8H,(H,16,17);/q;;+2/p-2. The van der Waals surface area contributed by atoms with Crippen LogP contribution in [0.1, 0.15) is 40.1 Å². The molecule has 0 saturated heterocycles. The second kappa shape index (κ2) is 14.5. The predicted octanol–water partition coefficient (Wildman–Crippen LogP) is 3.39. The van der Waals surface area contributed by atoms with E-state index in [1.54, 1.807) is 59.3 Å². The van der Waals surface area contributed by atoms with E-state index in [2.05, 4.69) is 9.98 Å². The van der Waals surface area contributed by atoms with E-state index in [-0.39, 0.29) is 50.6 Å². The molecule has 2 aromatic carbocycles. The van der Waals surface area contributed by atoms with Gasteiger partial charge in [0.25, 0.3) is 0 Å². The van der Waals surface area contributed by atoms with Crippen LogP contribution in [-0.2, 0) is 16.5 Å². The zero-order chi connectivity index (χ0) is 25.9. The molecule has 2 aromatic heterocycles. The number of hydrogen-bond donors (Lipinski definition) is 0. The molecule has 0 bridgehead atoms. The maximum atomic E-state index is 11.7. The maximum Gasteiger partial charge on any atom is 2.00 e. The predicted molar refractivity (Wildman–Crippen MR) is 135 cm³/mol. The summed E-state index contributed by atoms with van der Waals surface area (Å²) in [6.45, 7) is 0. The van der Waals surface area contributed by atoms with Gasteiger partial charge in [-0.25, -0.2) is 0 Å². The first-order valence-corrected chi connectivity index (χ1v) is 12.0. The van der Waals surface area contributed by atoms with E-state index >= 15 is 0 Å². The number of benzene rings is 2. The van der Waals surface area contributed by atoms with Crippen molar-refractivity contribution in [2.75, 3.05) is 0 Å². The molecule has 0 aliphatic carbocycles. The van der Waals surface area contributed by atoms with Gasteiger partial charge in [-0.15, -0.1) is 22.7 Å². The summed E-state index contributed by atoms with van der Waals surface area (Å²) < 4.78 is 0. The van der Waals surface area contributed by atoms with Crippen molar-refractivity contribution >= 4 is 70.0 Å². The molecule has 0 spiro atoms. The van der Waals surface area contributed by atoms with Crippen molar-refractivity contribution in [2.24, 2.45) is 9.98 Å². The van der Waals surface area contributed by atoms with Crippen LogP contribution in [0.4, 0.5) is 11.4 Å². The molecule has 0 atom stereocenters. The number of aromatic carboxylic acids is 2. The second-order valence-electron chi connectivity index (χ2n) is 6.81. The Kier molecular flexibility index (Phi) is 11.4. The fraction of sp³-hybridized carbons (Fsp3) is 0. The van der Waals surface area contributed by atoms with Gasteiger partial charge in [-0.05, 0) is 35.0 Å². The number of para-hydroxylation sites is 2. The first kappa shape index (κ1) is 29.2. The van der Waals surface area contributed by atoms with Gasteiger partial charge in [0.15, 0.2) is 0 Å². The second-order valence-corrected chi connectivity index (χ2v) is 8.70. The molecular formula is C26H16N2NiO6S2. The Morgan fingerprint density at radius 2 is 0.973 bits per heavy atom. The SMILES string of the molecule is O=C(C=Nc1ccccc1C(=O)[O-])c1cccs1.O=C(C=Nc1ccccc1C(=O)[O-])c1cccs1.[Ni+2]. The minimum atomic E-state index is -1.31. The Labute approximate surface area is 229 Å². The Hall–Kier alpha value is -4.05. The van der Waals surface area contributed by atoms with Crippen LogP contribution >= 0.6 is 22.7 Å². The van der Waals surface area contributed by atoms with Crippen molar-refractivity contribution in [2.45, 2.75) is 0 Å². The molecule has 0 unspecified atom stereocenters. The Bertz CT molecular complexity index is 1320. The quantitative estimate of drug-likeness (QED) is 0.179. The minimum absolute atomic E-state index is 0. The summed E-state index contributed by atoms with van der Waals surface area (Å²) in [5.41, 5.74) is 0.352. The van der Waals surface area contributed by atoms with Gasteiger partial charge in [-0.3, -0.25) is 19.6 Å². The van der Waals surface area contributed by atoms with E-state index in [0.717, 1.165) is 12.4 Å². The van der Waals surface area contributed by atoms with Gasteiger partial charge in [0.1, 0.15) is 0 Å². The van der Waals surface area contributed by atoms with Crippen molar-refractivity contribution in [1.82, 2.24) is 0 Å². The van der Waals surface area contributed by atoms with E-state index in [4.69, 9.17) is 0 Å².